The highest BCUT2D eigenvalue weighted by Gasteiger charge is 2.16. The molecule has 0 aliphatic carbocycles. The van der Waals surface area contributed by atoms with Crippen LogP contribution in [-0.2, 0) is 4.79 Å². The molecule has 0 spiro atoms. The van der Waals surface area contributed by atoms with Crippen LogP contribution in [0.5, 0.6) is 0 Å². The first-order valence-electron chi connectivity index (χ1n) is 6.60. The van der Waals surface area contributed by atoms with E-state index in [1.54, 1.807) is 11.8 Å². The van der Waals surface area contributed by atoms with Gasteiger partial charge in [-0.1, -0.05) is 41.7 Å². The summed E-state index contributed by atoms with van der Waals surface area (Å²) in [5.74, 6) is -0.0251. The topological polar surface area (TPSA) is 42.0 Å². The predicted octanol–water partition coefficient (Wildman–Crippen LogP) is 4.42. The molecule has 0 aliphatic heterocycles. The van der Waals surface area contributed by atoms with E-state index < -0.39 is 0 Å². The summed E-state index contributed by atoms with van der Waals surface area (Å²) in [6.45, 7) is 1.90. The molecule has 3 rings (SSSR count). The largest absolute Gasteiger partial charge is 0.301 e. The number of anilines is 1. The number of rotatable bonds is 4. The zero-order valence-electron chi connectivity index (χ0n) is 11.4. The van der Waals surface area contributed by atoms with E-state index in [1.807, 2.05) is 61.5 Å². The molecule has 5 heteroatoms. The van der Waals surface area contributed by atoms with Crippen LogP contribution in [0.3, 0.4) is 0 Å². The normalized spacial score (nSPS) is 12.2. The summed E-state index contributed by atoms with van der Waals surface area (Å²) in [5, 5.41) is 3.39. The third-order valence-corrected chi connectivity index (χ3v) is 5.01. The molecule has 3 aromatic rings. The summed E-state index contributed by atoms with van der Waals surface area (Å²) in [6, 6.07) is 17.8. The molecule has 1 atom stereocenters. The molecular formula is C16H14N2OS2. The van der Waals surface area contributed by atoms with Crippen LogP contribution in [0.1, 0.15) is 6.92 Å². The van der Waals surface area contributed by atoms with Gasteiger partial charge in [0, 0.05) is 4.90 Å². The van der Waals surface area contributed by atoms with Gasteiger partial charge in [0.05, 0.1) is 15.5 Å². The van der Waals surface area contributed by atoms with Gasteiger partial charge in [-0.3, -0.25) is 4.79 Å². The lowest BCUT2D eigenvalue weighted by atomic mass is 10.3. The zero-order chi connectivity index (χ0) is 14.7. The average molecular weight is 314 g/mol. The SMILES string of the molecule is C[C@@H](Sc1ccccc1)C(=O)Nc1nc2ccccc2s1. The molecule has 21 heavy (non-hydrogen) atoms. The van der Waals surface area contributed by atoms with Crippen LogP contribution in [0, 0.1) is 0 Å². The van der Waals surface area contributed by atoms with Crippen molar-refractivity contribution in [1.82, 2.24) is 4.98 Å². The first-order valence-corrected chi connectivity index (χ1v) is 8.30. The van der Waals surface area contributed by atoms with Crippen molar-refractivity contribution in [2.45, 2.75) is 17.1 Å². The molecule has 1 N–H and O–H groups in total. The van der Waals surface area contributed by atoms with Crippen molar-refractivity contribution in [2.24, 2.45) is 0 Å². The minimum atomic E-state index is -0.167. The fourth-order valence-electron chi connectivity index (χ4n) is 1.89. The number of benzene rings is 2. The number of thioether (sulfide) groups is 1. The van der Waals surface area contributed by atoms with Gasteiger partial charge < -0.3 is 5.32 Å². The average Bonchev–Trinajstić information content (AvgIpc) is 2.90. The van der Waals surface area contributed by atoms with Crippen molar-refractivity contribution in [2.75, 3.05) is 5.32 Å². The molecule has 1 amide bonds. The molecule has 1 heterocycles. The van der Waals surface area contributed by atoms with Crippen molar-refractivity contribution in [3.8, 4) is 0 Å². The van der Waals surface area contributed by atoms with Crippen LogP contribution in [0.4, 0.5) is 5.13 Å². The summed E-state index contributed by atoms with van der Waals surface area (Å²) in [7, 11) is 0. The van der Waals surface area contributed by atoms with Crippen LogP contribution >= 0.6 is 23.1 Å². The molecule has 3 nitrogen and oxygen atoms in total. The number of amides is 1. The summed E-state index contributed by atoms with van der Waals surface area (Å²) in [6.07, 6.45) is 0. The summed E-state index contributed by atoms with van der Waals surface area (Å²) in [4.78, 5) is 17.7. The molecule has 0 fully saturated rings. The second-order valence-corrected chi connectivity index (χ2v) is 6.99. The van der Waals surface area contributed by atoms with E-state index in [2.05, 4.69) is 10.3 Å². The highest BCUT2D eigenvalue weighted by molar-refractivity contribution is 8.00. The molecule has 0 saturated heterocycles. The molecule has 0 saturated carbocycles. The van der Waals surface area contributed by atoms with Crippen LogP contribution in [-0.4, -0.2) is 16.1 Å². The molecule has 0 unspecified atom stereocenters. The van der Waals surface area contributed by atoms with Gasteiger partial charge in [0.25, 0.3) is 0 Å². The van der Waals surface area contributed by atoms with Crippen LogP contribution in [0.15, 0.2) is 59.5 Å². The van der Waals surface area contributed by atoms with Gasteiger partial charge in [-0.05, 0) is 31.2 Å². The monoisotopic (exact) mass is 314 g/mol. The molecule has 0 aliphatic rings. The molecule has 106 valence electrons. The number of carbonyl (C=O) groups is 1. The maximum atomic E-state index is 12.2. The van der Waals surface area contributed by atoms with E-state index in [-0.39, 0.29) is 11.2 Å². The lowest BCUT2D eigenvalue weighted by Gasteiger charge is -2.10. The van der Waals surface area contributed by atoms with Gasteiger partial charge in [-0.25, -0.2) is 4.98 Å². The number of para-hydroxylation sites is 1. The second-order valence-electron chi connectivity index (χ2n) is 4.55. The Morgan fingerprint density at radius 3 is 2.62 bits per heavy atom. The Kier molecular flexibility index (Phi) is 4.22. The van der Waals surface area contributed by atoms with Crippen molar-refractivity contribution >= 4 is 44.4 Å². The van der Waals surface area contributed by atoms with Gasteiger partial charge in [-0.2, -0.15) is 0 Å². The molecule has 2 aromatic carbocycles. The molecular weight excluding hydrogens is 300 g/mol. The van der Waals surface area contributed by atoms with Gasteiger partial charge in [0.1, 0.15) is 0 Å². The maximum Gasteiger partial charge on any atom is 0.239 e. The quantitative estimate of drug-likeness (QED) is 0.725. The smallest absolute Gasteiger partial charge is 0.239 e. The molecule has 0 radical (unpaired) electrons. The van der Waals surface area contributed by atoms with Gasteiger partial charge in [0.2, 0.25) is 5.91 Å². The summed E-state index contributed by atoms with van der Waals surface area (Å²) in [5.41, 5.74) is 0.918. The van der Waals surface area contributed by atoms with E-state index in [0.717, 1.165) is 15.1 Å². The zero-order valence-corrected chi connectivity index (χ0v) is 13.1. The number of thiazole rings is 1. The number of fused-ring (bicyclic) bond motifs is 1. The van der Waals surface area contributed by atoms with E-state index in [1.165, 1.54) is 11.3 Å². The fourth-order valence-corrected chi connectivity index (χ4v) is 3.65. The Hall–Kier alpha value is -1.85. The minimum Gasteiger partial charge on any atom is -0.301 e. The third-order valence-electron chi connectivity index (χ3n) is 2.95. The van der Waals surface area contributed by atoms with Crippen molar-refractivity contribution < 1.29 is 4.79 Å². The maximum absolute atomic E-state index is 12.2. The van der Waals surface area contributed by atoms with Crippen molar-refractivity contribution in [3.05, 3.63) is 54.6 Å². The Labute approximate surface area is 131 Å². The predicted molar refractivity (Wildman–Crippen MR) is 90.0 cm³/mol. The minimum absolute atomic E-state index is 0.0251. The van der Waals surface area contributed by atoms with Crippen molar-refractivity contribution in [3.63, 3.8) is 0 Å². The fraction of sp³-hybridized carbons (Fsp3) is 0.125. The van der Waals surface area contributed by atoms with Crippen LogP contribution in [0.2, 0.25) is 0 Å². The first-order chi connectivity index (χ1) is 10.2. The summed E-state index contributed by atoms with van der Waals surface area (Å²) < 4.78 is 1.08. The number of hydrogen-bond acceptors (Lipinski definition) is 4. The van der Waals surface area contributed by atoms with Gasteiger partial charge in [-0.15, -0.1) is 11.8 Å². The van der Waals surface area contributed by atoms with Gasteiger partial charge in [0.15, 0.2) is 5.13 Å². The number of nitrogens with one attached hydrogen (secondary N) is 1. The second kappa shape index (κ2) is 6.28. The Morgan fingerprint density at radius 1 is 1.14 bits per heavy atom. The Balaban J connectivity index is 1.68. The Bertz CT molecular complexity index is 722. The Morgan fingerprint density at radius 2 is 1.86 bits per heavy atom. The van der Waals surface area contributed by atoms with Gasteiger partial charge >= 0.3 is 0 Å². The number of carbonyl (C=O) groups excluding carboxylic acids is 1. The number of aromatic nitrogens is 1. The van der Waals surface area contributed by atoms with E-state index in [4.69, 9.17) is 0 Å². The molecule has 0 bridgehead atoms. The lowest BCUT2D eigenvalue weighted by molar-refractivity contribution is -0.115. The third kappa shape index (κ3) is 3.43. The highest BCUT2D eigenvalue weighted by Crippen LogP contribution is 2.27. The lowest BCUT2D eigenvalue weighted by Crippen LogP contribution is -2.22. The number of nitrogens with zero attached hydrogens (tertiary/aromatic N) is 1. The molecule has 1 aromatic heterocycles. The van der Waals surface area contributed by atoms with Crippen molar-refractivity contribution in [1.29, 1.82) is 0 Å². The van der Waals surface area contributed by atoms with Crippen LogP contribution < -0.4 is 5.32 Å². The number of hydrogen-bond donors (Lipinski definition) is 1. The highest BCUT2D eigenvalue weighted by atomic mass is 32.2. The van der Waals surface area contributed by atoms with E-state index in [0.29, 0.717) is 5.13 Å². The summed E-state index contributed by atoms with van der Waals surface area (Å²) >= 11 is 3.04. The van der Waals surface area contributed by atoms with E-state index in [9.17, 15) is 4.79 Å². The standard InChI is InChI=1S/C16H14N2OS2/c1-11(20-12-7-3-2-4-8-12)15(19)18-16-17-13-9-5-6-10-14(13)21-16/h2-11H,1H3,(H,17,18,19)/t11-/m1/s1. The van der Waals surface area contributed by atoms with E-state index >= 15 is 0 Å². The first kappa shape index (κ1) is 14.1. The van der Waals surface area contributed by atoms with Crippen LogP contribution in [0.25, 0.3) is 10.2 Å².